The van der Waals surface area contributed by atoms with Gasteiger partial charge in [-0.15, -0.1) is 0 Å². The van der Waals surface area contributed by atoms with Crippen LogP contribution in [0.4, 0.5) is 0 Å². The van der Waals surface area contributed by atoms with Crippen molar-refractivity contribution >= 4 is 26.2 Å². The van der Waals surface area contributed by atoms with Crippen molar-refractivity contribution in [3.05, 3.63) is 30.3 Å². The summed E-state index contributed by atoms with van der Waals surface area (Å²) in [6.07, 6.45) is 0. The van der Waals surface area contributed by atoms with Crippen LogP contribution in [0.1, 0.15) is 6.92 Å². The number of hydrogen-bond donors (Lipinski definition) is 0. The molecule has 0 aliphatic heterocycles. The van der Waals surface area contributed by atoms with E-state index in [1.165, 1.54) is 0 Å². The summed E-state index contributed by atoms with van der Waals surface area (Å²) >= 11 is 0. The molecule has 0 heterocycles. The predicted molar refractivity (Wildman–Crippen MR) is 46.4 cm³/mol. The van der Waals surface area contributed by atoms with Crippen LogP contribution in [0.15, 0.2) is 24.3 Å². The summed E-state index contributed by atoms with van der Waals surface area (Å²) in [6, 6.07) is 10.4. The summed E-state index contributed by atoms with van der Waals surface area (Å²) in [5, 5.41) is 0. The zero-order valence-corrected chi connectivity index (χ0v) is 11.6. The van der Waals surface area contributed by atoms with Crippen LogP contribution in [0.5, 0.6) is 5.75 Å². The second-order valence-corrected chi connectivity index (χ2v) is 1.67. The molecule has 1 aromatic rings. The Labute approximate surface area is 80.5 Å². The molecule has 2 heteroatoms. The van der Waals surface area contributed by atoms with Crippen LogP contribution in [-0.2, 0) is 0 Å². The van der Waals surface area contributed by atoms with Gasteiger partial charge >= 0.3 is 26.2 Å². The molecule has 0 aliphatic rings. The molecule has 55 valence electrons. The van der Waals surface area contributed by atoms with Crippen molar-refractivity contribution in [2.45, 2.75) is 6.92 Å². The number of benzene rings is 1. The van der Waals surface area contributed by atoms with Crippen molar-refractivity contribution in [2.75, 3.05) is 6.61 Å². The summed E-state index contributed by atoms with van der Waals surface area (Å²) in [6.45, 7) is 2.70. The van der Waals surface area contributed by atoms with Gasteiger partial charge in [-0.25, -0.2) is 0 Å². The third-order valence-corrected chi connectivity index (χ3v) is 0.999. The van der Waals surface area contributed by atoms with Crippen LogP contribution in [0, 0.1) is 6.07 Å². The van der Waals surface area contributed by atoms with Crippen LogP contribution in [0.3, 0.4) is 0 Å². The van der Waals surface area contributed by atoms with E-state index in [0.29, 0.717) is 0 Å². The first-order valence-corrected chi connectivity index (χ1v) is 3.02. The third kappa shape index (κ3) is 3.17. The van der Waals surface area contributed by atoms with Crippen LogP contribution >= 0.6 is 0 Å². The van der Waals surface area contributed by atoms with Crippen LogP contribution < -0.4 is 4.74 Å². The zero-order chi connectivity index (χ0) is 6.53. The van der Waals surface area contributed by atoms with Gasteiger partial charge in [0.15, 0.2) is 0 Å². The molecular weight excluding hydrogens is 321 g/mol. The first-order chi connectivity index (χ1) is 4.43. The van der Waals surface area contributed by atoms with Crippen molar-refractivity contribution < 1.29 is 4.74 Å². The second-order valence-electron chi connectivity index (χ2n) is 1.67. The molecule has 0 fully saturated rings. The molecule has 0 saturated heterocycles. The van der Waals surface area contributed by atoms with E-state index in [0.717, 1.165) is 12.4 Å². The topological polar surface area (TPSA) is 9.23 Å². The van der Waals surface area contributed by atoms with E-state index in [2.05, 4.69) is 6.07 Å². The van der Waals surface area contributed by atoms with Crippen molar-refractivity contribution in [3.63, 3.8) is 0 Å². The Morgan fingerprint density at radius 3 is 2.50 bits per heavy atom. The Morgan fingerprint density at radius 2 is 2.00 bits per heavy atom. The molecule has 0 atom stereocenters. The number of ether oxygens (including phenoxy) is 1. The van der Waals surface area contributed by atoms with Gasteiger partial charge < -0.3 is 4.74 Å². The molecule has 1 radical (unpaired) electrons. The molecule has 0 saturated carbocycles. The third-order valence-electron chi connectivity index (χ3n) is 0.999. The normalized spacial score (nSPS) is 8.10. The predicted octanol–water partition coefficient (Wildman–Crippen LogP) is 0.702. The zero-order valence-electron chi connectivity index (χ0n) is 6.13. The van der Waals surface area contributed by atoms with Crippen LogP contribution in [0.2, 0.25) is 0 Å². The molecule has 0 amide bonds. The van der Waals surface area contributed by atoms with Crippen LogP contribution in [0.25, 0.3) is 0 Å². The minimum absolute atomic E-state index is 0. The van der Waals surface area contributed by atoms with E-state index < -0.39 is 0 Å². The van der Waals surface area contributed by atoms with Gasteiger partial charge in [0.2, 0.25) is 0 Å². The van der Waals surface area contributed by atoms with E-state index in [-0.39, 0.29) is 26.2 Å². The van der Waals surface area contributed by atoms with E-state index in [1.807, 2.05) is 31.2 Å². The molecule has 0 spiro atoms. The Kier molecular flexibility index (Phi) is 5.62. The summed E-state index contributed by atoms with van der Waals surface area (Å²) in [5.74, 6) is 0.913. The van der Waals surface area contributed by atoms with Gasteiger partial charge in [-0.05, 0) is 25.1 Å². The average molecular weight is 333 g/mol. The molecule has 1 rings (SSSR count). The Bertz CT molecular complexity index is 162. The van der Waals surface area contributed by atoms with Crippen molar-refractivity contribution in [1.82, 2.24) is 0 Å². The Hall–Kier alpha value is -0.0969. The summed E-state index contributed by atoms with van der Waals surface area (Å²) in [5.41, 5.74) is 0. The second kappa shape index (κ2) is 5.67. The summed E-state index contributed by atoms with van der Waals surface area (Å²) < 4.78 is 5.19. The first kappa shape index (κ1) is 9.90. The van der Waals surface area contributed by atoms with Crippen molar-refractivity contribution in [3.8, 4) is 5.75 Å². The maximum atomic E-state index is 5.19. The number of rotatable bonds is 2. The molecule has 0 bridgehead atoms. The summed E-state index contributed by atoms with van der Waals surface area (Å²) in [4.78, 5) is 0. The monoisotopic (exact) mass is 333 g/mol. The molecule has 0 aliphatic carbocycles. The van der Waals surface area contributed by atoms with E-state index in [9.17, 15) is 0 Å². The fourth-order valence-corrected chi connectivity index (χ4v) is 0.634. The van der Waals surface area contributed by atoms with E-state index in [4.69, 9.17) is 4.74 Å². The first-order valence-electron chi connectivity index (χ1n) is 3.02. The van der Waals surface area contributed by atoms with Gasteiger partial charge in [0.1, 0.15) is 5.75 Å². The molecule has 1 nitrogen and oxygen atoms in total. The molecule has 0 N–H and O–H groups in total. The maximum absolute atomic E-state index is 5.19. The molecule has 10 heavy (non-hydrogen) atoms. The Morgan fingerprint density at radius 1 is 1.40 bits per heavy atom. The fourth-order valence-electron chi connectivity index (χ4n) is 0.634. The van der Waals surface area contributed by atoms with Gasteiger partial charge in [0.05, 0.1) is 6.61 Å². The van der Waals surface area contributed by atoms with Gasteiger partial charge in [0.25, 0.3) is 0 Å². The molecular formula is C8H12BiO. The van der Waals surface area contributed by atoms with Crippen molar-refractivity contribution in [2.24, 2.45) is 0 Å². The quantitative estimate of drug-likeness (QED) is 0.724. The van der Waals surface area contributed by atoms with E-state index in [1.54, 1.807) is 0 Å². The Balaban J connectivity index is 0.000000810. The van der Waals surface area contributed by atoms with Crippen molar-refractivity contribution in [1.29, 1.82) is 0 Å². The van der Waals surface area contributed by atoms with Gasteiger partial charge in [0, 0.05) is 0 Å². The van der Waals surface area contributed by atoms with Gasteiger partial charge in [-0.2, -0.15) is 0 Å². The van der Waals surface area contributed by atoms with Gasteiger partial charge in [-0.1, -0.05) is 12.1 Å². The van der Waals surface area contributed by atoms with Gasteiger partial charge in [-0.3, -0.25) is 0 Å². The SMILES string of the molecule is CCOc1cc[c]cc1.[BiH3]. The standard InChI is InChI=1S/C8H9O.Bi.3H/c1-2-9-8-6-4-3-5-7-8;;;;/h4-7H,2H2,1H3;;;;. The van der Waals surface area contributed by atoms with Crippen LogP contribution in [-0.4, -0.2) is 32.8 Å². The minimum atomic E-state index is 0. The summed E-state index contributed by atoms with van der Waals surface area (Å²) in [7, 11) is 0. The number of hydrogen-bond acceptors (Lipinski definition) is 1. The molecule has 0 aromatic heterocycles. The fraction of sp³-hybridized carbons (Fsp3) is 0.250. The van der Waals surface area contributed by atoms with E-state index >= 15 is 0 Å². The molecule has 0 unspecified atom stereocenters. The average Bonchev–Trinajstić information content (AvgIpc) is 1.91. The molecule has 1 aromatic carbocycles.